The molecule has 1 aliphatic heterocycles. The van der Waals surface area contributed by atoms with Crippen LogP contribution in [0.3, 0.4) is 0 Å². The fourth-order valence-corrected chi connectivity index (χ4v) is 5.20. The number of amides is 2. The number of carbonyl (C=O) groups is 2. The zero-order chi connectivity index (χ0) is 27.9. The van der Waals surface area contributed by atoms with E-state index in [4.69, 9.17) is 9.47 Å². The van der Waals surface area contributed by atoms with Crippen LogP contribution < -0.4 is 19.1 Å². The highest BCUT2D eigenvalue weighted by Crippen LogP contribution is 2.34. The first-order chi connectivity index (χ1) is 18.0. The second-order valence-corrected chi connectivity index (χ2v) is 11.7. The Labute approximate surface area is 226 Å². The minimum Gasteiger partial charge on any atom is -0.486 e. The summed E-state index contributed by atoms with van der Waals surface area (Å²) in [5.41, 5.74) is 2.44. The summed E-state index contributed by atoms with van der Waals surface area (Å²) in [6.07, 6.45) is 2.29. The highest BCUT2D eigenvalue weighted by molar-refractivity contribution is 7.92. The fourth-order valence-electron chi connectivity index (χ4n) is 4.25. The molecule has 1 aliphatic rings. The Kier molecular flexibility index (Phi) is 10.0. The predicted octanol–water partition coefficient (Wildman–Crippen LogP) is 3.64. The normalized spacial score (nSPS) is 14.3. The van der Waals surface area contributed by atoms with Gasteiger partial charge in [-0.15, -0.1) is 0 Å². The molecule has 1 heterocycles. The molecule has 208 valence electrons. The fraction of sp³-hybridized carbons (Fsp3) is 0.500. The topological polar surface area (TPSA) is 105 Å². The molecule has 38 heavy (non-hydrogen) atoms. The average Bonchev–Trinajstić information content (AvgIpc) is 2.88. The summed E-state index contributed by atoms with van der Waals surface area (Å²) >= 11 is 0. The molecule has 2 atom stereocenters. The van der Waals surface area contributed by atoms with Gasteiger partial charge in [0.2, 0.25) is 21.8 Å². The van der Waals surface area contributed by atoms with E-state index in [1.165, 1.54) is 4.31 Å². The van der Waals surface area contributed by atoms with Gasteiger partial charge in [-0.25, -0.2) is 8.42 Å². The average molecular weight is 546 g/mol. The van der Waals surface area contributed by atoms with Crippen molar-refractivity contribution >= 4 is 27.5 Å². The van der Waals surface area contributed by atoms with Gasteiger partial charge in [0.25, 0.3) is 0 Å². The minimum absolute atomic E-state index is 0.00446. The number of sulfonamides is 1. The van der Waals surface area contributed by atoms with Crippen molar-refractivity contribution in [2.75, 3.05) is 30.3 Å². The van der Waals surface area contributed by atoms with Gasteiger partial charge in [0.05, 0.1) is 11.9 Å². The summed E-state index contributed by atoms with van der Waals surface area (Å²) in [6, 6.07) is 12.1. The van der Waals surface area contributed by atoms with Crippen molar-refractivity contribution in [2.24, 2.45) is 0 Å². The molecule has 0 saturated heterocycles. The molecule has 0 bridgehead atoms. The van der Waals surface area contributed by atoms with Gasteiger partial charge in [-0.1, -0.05) is 36.8 Å². The SMILES string of the molecule is CC[C@H](C)NC(=O)[C@H](C)N(Cc1cccc(C)c1)C(=O)CCCN(c1ccc2c(c1)OCCO2)S(C)(=O)=O. The van der Waals surface area contributed by atoms with Gasteiger partial charge in [-0.2, -0.15) is 0 Å². The van der Waals surface area contributed by atoms with E-state index in [0.717, 1.165) is 23.8 Å². The lowest BCUT2D eigenvalue weighted by atomic mass is 10.1. The third-order valence-electron chi connectivity index (χ3n) is 6.57. The van der Waals surface area contributed by atoms with Crippen LogP contribution in [0.25, 0.3) is 0 Å². The van der Waals surface area contributed by atoms with E-state index in [-0.39, 0.29) is 43.8 Å². The van der Waals surface area contributed by atoms with E-state index in [1.807, 2.05) is 45.0 Å². The third kappa shape index (κ3) is 7.86. The number of anilines is 1. The molecule has 2 amide bonds. The molecule has 0 radical (unpaired) electrons. The quantitative estimate of drug-likeness (QED) is 0.437. The number of aryl methyl sites for hydroxylation is 1. The van der Waals surface area contributed by atoms with Crippen LogP contribution in [0.15, 0.2) is 42.5 Å². The Morgan fingerprint density at radius 1 is 1.05 bits per heavy atom. The number of carbonyl (C=O) groups excluding carboxylic acids is 2. The minimum atomic E-state index is -3.61. The maximum atomic E-state index is 13.4. The van der Waals surface area contributed by atoms with E-state index >= 15 is 0 Å². The van der Waals surface area contributed by atoms with Crippen molar-refractivity contribution in [3.63, 3.8) is 0 Å². The molecule has 0 unspecified atom stereocenters. The molecule has 9 nitrogen and oxygen atoms in total. The molecule has 2 aromatic carbocycles. The molecule has 10 heteroatoms. The zero-order valence-corrected chi connectivity index (χ0v) is 23.7. The summed E-state index contributed by atoms with van der Waals surface area (Å²) in [5.74, 6) is 0.632. The molecule has 0 saturated carbocycles. The highest BCUT2D eigenvalue weighted by Gasteiger charge is 2.27. The maximum Gasteiger partial charge on any atom is 0.242 e. The molecule has 0 spiro atoms. The van der Waals surface area contributed by atoms with Crippen LogP contribution in [0, 0.1) is 6.92 Å². The van der Waals surface area contributed by atoms with Crippen LogP contribution >= 0.6 is 0 Å². The van der Waals surface area contributed by atoms with Crippen molar-refractivity contribution in [3.8, 4) is 11.5 Å². The molecular weight excluding hydrogens is 506 g/mol. The Morgan fingerprint density at radius 2 is 1.76 bits per heavy atom. The number of nitrogens with one attached hydrogen (secondary N) is 1. The van der Waals surface area contributed by atoms with Crippen molar-refractivity contribution in [1.82, 2.24) is 10.2 Å². The van der Waals surface area contributed by atoms with E-state index in [0.29, 0.717) is 30.4 Å². The number of benzene rings is 2. The van der Waals surface area contributed by atoms with E-state index in [9.17, 15) is 18.0 Å². The second-order valence-electron chi connectivity index (χ2n) is 9.77. The van der Waals surface area contributed by atoms with Crippen LogP contribution in [0.2, 0.25) is 0 Å². The number of rotatable bonds is 12. The van der Waals surface area contributed by atoms with Gasteiger partial charge in [-0.05, 0) is 51.3 Å². The number of hydrogen-bond donors (Lipinski definition) is 1. The molecule has 2 aromatic rings. The summed E-state index contributed by atoms with van der Waals surface area (Å²) < 4.78 is 37.6. The highest BCUT2D eigenvalue weighted by atomic mass is 32.2. The van der Waals surface area contributed by atoms with Gasteiger partial charge in [-0.3, -0.25) is 13.9 Å². The Morgan fingerprint density at radius 3 is 2.42 bits per heavy atom. The summed E-state index contributed by atoms with van der Waals surface area (Å²) in [6.45, 7) is 8.84. The first-order valence-corrected chi connectivity index (χ1v) is 14.9. The first-order valence-electron chi connectivity index (χ1n) is 13.0. The Hall–Kier alpha value is -3.27. The van der Waals surface area contributed by atoms with Crippen LogP contribution in [0.4, 0.5) is 5.69 Å². The number of fused-ring (bicyclic) bond motifs is 1. The van der Waals surface area contributed by atoms with Crippen molar-refractivity contribution in [3.05, 3.63) is 53.6 Å². The molecule has 0 aliphatic carbocycles. The van der Waals surface area contributed by atoms with Gasteiger partial charge in [0.1, 0.15) is 19.3 Å². The lowest BCUT2D eigenvalue weighted by molar-refractivity contribution is -0.140. The standard InChI is InChI=1S/C28H39N3O6S/c1-6-21(3)29-28(33)22(4)30(19-23-10-7-9-20(2)17-23)27(32)11-8-14-31(38(5,34)35)24-12-13-25-26(18-24)37-16-15-36-25/h7,9-10,12-13,17-18,21-22H,6,8,11,14-16,19H2,1-5H3,(H,29,33)/t21-,22-/m0/s1. The molecule has 1 N–H and O–H groups in total. The zero-order valence-electron chi connectivity index (χ0n) is 22.9. The Bertz CT molecular complexity index is 1230. The second kappa shape index (κ2) is 13.0. The van der Waals surface area contributed by atoms with Crippen LogP contribution in [0.5, 0.6) is 11.5 Å². The van der Waals surface area contributed by atoms with Gasteiger partial charge in [0.15, 0.2) is 11.5 Å². The van der Waals surface area contributed by atoms with Crippen LogP contribution in [-0.2, 0) is 26.2 Å². The molecule has 3 rings (SSSR count). The summed E-state index contributed by atoms with van der Waals surface area (Å²) in [7, 11) is -3.61. The number of hydrogen-bond acceptors (Lipinski definition) is 6. The summed E-state index contributed by atoms with van der Waals surface area (Å²) in [4.78, 5) is 27.9. The van der Waals surface area contributed by atoms with Crippen LogP contribution in [0.1, 0.15) is 51.2 Å². The van der Waals surface area contributed by atoms with E-state index < -0.39 is 16.1 Å². The van der Waals surface area contributed by atoms with Gasteiger partial charge in [0, 0.05) is 31.6 Å². The maximum absolute atomic E-state index is 13.4. The molecule has 0 aromatic heterocycles. The van der Waals surface area contributed by atoms with Gasteiger partial charge >= 0.3 is 0 Å². The van der Waals surface area contributed by atoms with Crippen LogP contribution in [-0.4, -0.2) is 63.2 Å². The number of nitrogens with zero attached hydrogens (tertiary/aromatic N) is 2. The summed E-state index contributed by atoms with van der Waals surface area (Å²) in [5, 5.41) is 2.96. The van der Waals surface area contributed by atoms with Crippen molar-refractivity contribution < 1.29 is 27.5 Å². The van der Waals surface area contributed by atoms with Crippen molar-refractivity contribution in [1.29, 1.82) is 0 Å². The number of ether oxygens (including phenoxy) is 2. The molecule has 0 fully saturated rings. The first kappa shape index (κ1) is 29.3. The largest absolute Gasteiger partial charge is 0.486 e. The van der Waals surface area contributed by atoms with Crippen molar-refractivity contribution in [2.45, 2.75) is 65.6 Å². The lowest BCUT2D eigenvalue weighted by Gasteiger charge is -2.30. The van der Waals surface area contributed by atoms with E-state index in [1.54, 1.807) is 30.0 Å². The Balaban J connectivity index is 1.74. The smallest absolute Gasteiger partial charge is 0.242 e. The third-order valence-corrected chi connectivity index (χ3v) is 7.76. The predicted molar refractivity (Wildman–Crippen MR) is 148 cm³/mol. The molecular formula is C28H39N3O6S. The van der Waals surface area contributed by atoms with Gasteiger partial charge < -0.3 is 19.7 Å². The lowest BCUT2D eigenvalue weighted by Crippen LogP contribution is -2.49. The monoisotopic (exact) mass is 545 g/mol. The van der Waals surface area contributed by atoms with E-state index in [2.05, 4.69) is 5.32 Å².